The van der Waals surface area contributed by atoms with Gasteiger partial charge in [0.05, 0.1) is 18.3 Å². The number of rotatable bonds is 12. The maximum Gasteiger partial charge on any atom is 0.133 e. The van der Waals surface area contributed by atoms with Crippen molar-refractivity contribution in [1.82, 2.24) is 0 Å². The second-order valence-electron chi connectivity index (χ2n) is 6.45. The average molecular weight is 346 g/mol. The summed E-state index contributed by atoms with van der Waals surface area (Å²) in [5.41, 5.74) is 0. The molecule has 0 aromatic heterocycles. The number of Topliss-reactive ketones (excluding diaryl/α,β-unsaturated/α-hetero) is 3. The lowest BCUT2D eigenvalue weighted by Crippen LogP contribution is -2.13. The van der Waals surface area contributed by atoms with Crippen LogP contribution in [0.1, 0.15) is 79.1 Å². The van der Waals surface area contributed by atoms with E-state index in [9.17, 15) is 19.5 Å². The van der Waals surface area contributed by atoms with Gasteiger partial charge in [0, 0.05) is 25.7 Å². The first kappa shape index (κ1) is 25.1. The molecule has 3 N–H and O–H groups in total. The van der Waals surface area contributed by atoms with E-state index in [4.69, 9.17) is 10.2 Å². The van der Waals surface area contributed by atoms with E-state index in [0.29, 0.717) is 38.5 Å². The van der Waals surface area contributed by atoms with Gasteiger partial charge in [0.15, 0.2) is 0 Å². The van der Waals surface area contributed by atoms with Crippen LogP contribution in [0.15, 0.2) is 0 Å². The van der Waals surface area contributed by atoms with E-state index >= 15 is 0 Å². The van der Waals surface area contributed by atoms with Crippen LogP contribution in [0.3, 0.4) is 0 Å². The van der Waals surface area contributed by atoms with Gasteiger partial charge in [-0.25, -0.2) is 0 Å². The van der Waals surface area contributed by atoms with Gasteiger partial charge in [-0.3, -0.25) is 4.79 Å². The van der Waals surface area contributed by atoms with Crippen molar-refractivity contribution in [2.24, 2.45) is 0 Å². The topological polar surface area (TPSA) is 112 Å². The van der Waals surface area contributed by atoms with Crippen molar-refractivity contribution in [3.8, 4) is 0 Å². The summed E-state index contributed by atoms with van der Waals surface area (Å²) in [7, 11) is 0. The van der Waals surface area contributed by atoms with Crippen molar-refractivity contribution < 1.29 is 29.7 Å². The first-order chi connectivity index (χ1) is 11.0. The van der Waals surface area contributed by atoms with Gasteiger partial charge < -0.3 is 24.9 Å². The van der Waals surface area contributed by atoms with Gasteiger partial charge >= 0.3 is 0 Å². The van der Waals surface area contributed by atoms with Crippen molar-refractivity contribution in [3.05, 3.63) is 0 Å². The molecule has 6 nitrogen and oxygen atoms in total. The minimum absolute atomic E-state index is 0.000370. The van der Waals surface area contributed by atoms with Crippen molar-refractivity contribution in [2.45, 2.75) is 97.4 Å². The second-order valence-corrected chi connectivity index (χ2v) is 6.45. The molecule has 0 fully saturated rings. The van der Waals surface area contributed by atoms with Crippen LogP contribution in [0.2, 0.25) is 0 Å². The Balaban J connectivity index is 0. The highest BCUT2D eigenvalue weighted by Crippen LogP contribution is 2.08. The Morgan fingerprint density at radius 2 is 1.00 bits per heavy atom. The largest absolute Gasteiger partial charge is 0.393 e. The molecule has 0 aliphatic heterocycles. The highest BCUT2D eigenvalue weighted by atomic mass is 16.3. The fraction of sp³-hybridized carbons (Fsp3) is 0.833. The van der Waals surface area contributed by atoms with Crippen molar-refractivity contribution >= 4 is 17.3 Å². The van der Waals surface area contributed by atoms with Gasteiger partial charge in [-0.05, 0) is 53.4 Å². The monoisotopic (exact) mass is 346 g/mol. The average Bonchev–Trinajstić information content (AvgIpc) is 2.47. The normalized spacial score (nSPS) is 14.1. The smallest absolute Gasteiger partial charge is 0.133 e. The highest BCUT2D eigenvalue weighted by molar-refractivity contribution is 5.87. The molecular formula is C18H34O6. The summed E-state index contributed by atoms with van der Waals surface area (Å²) in [5.74, 6) is 0.0396. The Morgan fingerprint density at radius 1 is 0.667 bits per heavy atom. The number of hydrogen-bond acceptors (Lipinski definition) is 6. The highest BCUT2D eigenvalue weighted by Gasteiger charge is 2.07. The van der Waals surface area contributed by atoms with Gasteiger partial charge in [-0.2, -0.15) is 0 Å². The van der Waals surface area contributed by atoms with Gasteiger partial charge in [0.1, 0.15) is 17.3 Å². The van der Waals surface area contributed by atoms with Crippen LogP contribution < -0.4 is 0 Å². The molecule has 0 aliphatic carbocycles. The Hall–Kier alpha value is -1.11. The molecule has 0 heterocycles. The maximum atomic E-state index is 10.9. The van der Waals surface area contributed by atoms with Crippen LogP contribution in [0, 0.1) is 0 Å². The summed E-state index contributed by atoms with van der Waals surface area (Å²) in [5, 5.41) is 27.2. The van der Waals surface area contributed by atoms with Gasteiger partial charge in [0.2, 0.25) is 0 Å². The SMILES string of the molecule is CC(=O)CCC(=O)CCC(C)=O.CC(O)CCC(O)CCC(C)O. The van der Waals surface area contributed by atoms with Crippen molar-refractivity contribution in [2.75, 3.05) is 0 Å². The second kappa shape index (κ2) is 15.4. The summed E-state index contributed by atoms with van der Waals surface area (Å²) in [6.45, 7) is 6.33. The molecule has 0 spiro atoms. The lowest BCUT2D eigenvalue weighted by molar-refractivity contribution is -0.125. The van der Waals surface area contributed by atoms with Gasteiger partial charge in [-0.15, -0.1) is 0 Å². The number of carbonyl (C=O) groups is 3. The van der Waals surface area contributed by atoms with E-state index in [2.05, 4.69) is 0 Å². The Morgan fingerprint density at radius 3 is 1.25 bits per heavy atom. The molecule has 0 bridgehead atoms. The molecule has 0 radical (unpaired) electrons. The van der Waals surface area contributed by atoms with E-state index in [1.54, 1.807) is 13.8 Å². The van der Waals surface area contributed by atoms with Crippen LogP contribution in [0.25, 0.3) is 0 Å². The molecule has 2 atom stereocenters. The third-order valence-corrected chi connectivity index (χ3v) is 3.35. The van der Waals surface area contributed by atoms with E-state index in [1.165, 1.54) is 13.8 Å². The zero-order valence-corrected chi connectivity index (χ0v) is 15.5. The van der Waals surface area contributed by atoms with E-state index in [0.717, 1.165) is 0 Å². The predicted octanol–water partition coefficient (Wildman–Crippen LogP) is 1.96. The molecular weight excluding hydrogens is 312 g/mol. The molecule has 0 amide bonds. The first-order valence-electron chi connectivity index (χ1n) is 8.59. The summed E-state index contributed by atoms with van der Waals surface area (Å²) >= 11 is 0. The minimum atomic E-state index is -0.380. The standard InChI is InChI=1S/C9H20O3.C9H14O3/c2*1-7(10)3-5-9(12)6-4-8(2)11/h7-12H,3-6H2,1-2H3;3-6H2,1-2H3. The Labute approximate surface area is 145 Å². The fourth-order valence-electron chi connectivity index (χ4n) is 1.77. The lowest BCUT2D eigenvalue weighted by atomic mass is 10.1. The molecule has 142 valence electrons. The van der Waals surface area contributed by atoms with E-state index in [1.807, 2.05) is 0 Å². The predicted molar refractivity (Wildman–Crippen MR) is 92.7 cm³/mol. The van der Waals surface area contributed by atoms with Gasteiger partial charge in [-0.1, -0.05) is 0 Å². The fourth-order valence-corrected chi connectivity index (χ4v) is 1.77. The third kappa shape index (κ3) is 23.2. The number of ketones is 3. The molecule has 0 saturated carbocycles. The summed E-state index contributed by atoms with van der Waals surface area (Å²) in [4.78, 5) is 31.9. The van der Waals surface area contributed by atoms with Crippen LogP contribution in [0.4, 0.5) is 0 Å². The van der Waals surface area contributed by atoms with Crippen LogP contribution >= 0.6 is 0 Å². The first-order valence-corrected chi connectivity index (χ1v) is 8.59. The molecule has 6 heteroatoms. The Bertz CT molecular complexity index is 331. The molecule has 0 aromatic carbocycles. The third-order valence-electron chi connectivity index (χ3n) is 3.35. The zero-order valence-electron chi connectivity index (χ0n) is 15.5. The molecule has 0 aliphatic rings. The quantitative estimate of drug-likeness (QED) is 0.498. The van der Waals surface area contributed by atoms with E-state index in [-0.39, 0.29) is 48.5 Å². The summed E-state index contributed by atoms with van der Waals surface area (Å²) < 4.78 is 0. The molecule has 2 unspecified atom stereocenters. The summed E-state index contributed by atoms with van der Waals surface area (Å²) in [6.07, 6.45) is 2.58. The van der Waals surface area contributed by atoms with Crippen molar-refractivity contribution in [3.63, 3.8) is 0 Å². The number of carbonyl (C=O) groups excluding carboxylic acids is 3. The van der Waals surface area contributed by atoms with E-state index < -0.39 is 0 Å². The van der Waals surface area contributed by atoms with Crippen LogP contribution in [0.5, 0.6) is 0 Å². The number of hydrogen-bond donors (Lipinski definition) is 3. The van der Waals surface area contributed by atoms with Crippen LogP contribution in [-0.2, 0) is 14.4 Å². The minimum Gasteiger partial charge on any atom is -0.393 e. The summed E-state index contributed by atoms with van der Waals surface area (Å²) in [6, 6.07) is 0. The Kier molecular flexibility index (Phi) is 16.1. The molecule has 0 rings (SSSR count). The van der Waals surface area contributed by atoms with Gasteiger partial charge in [0.25, 0.3) is 0 Å². The van der Waals surface area contributed by atoms with Crippen molar-refractivity contribution in [1.29, 1.82) is 0 Å². The molecule has 24 heavy (non-hydrogen) atoms. The molecule has 0 saturated heterocycles. The number of aliphatic hydroxyl groups excluding tert-OH is 3. The molecule has 0 aromatic rings. The maximum absolute atomic E-state index is 10.9. The number of aliphatic hydroxyl groups is 3. The lowest BCUT2D eigenvalue weighted by Gasteiger charge is -2.12. The zero-order chi connectivity index (χ0) is 19.1. The van der Waals surface area contributed by atoms with Crippen LogP contribution in [-0.4, -0.2) is 51.0 Å².